The fourth-order valence-corrected chi connectivity index (χ4v) is 2.92. The third kappa shape index (κ3) is 18.8. The summed E-state index contributed by atoms with van der Waals surface area (Å²) in [7, 11) is -3.69. The molecule has 0 bridgehead atoms. The molecule has 0 saturated heterocycles. The minimum Gasteiger partial charge on any atom is -0.379 e. The van der Waals surface area contributed by atoms with Crippen molar-refractivity contribution in [1.82, 2.24) is 0 Å². The number of rotatable bonds is 22. The van der Waals surface area contributed by atoms with Crippen molar-refractivity contribution in [2.24, 2.45) is 0 Å². The monoisotopic (exact) mass is 412 g/mol. The Morgan fingerprint density at radius 3 is 1.41 bits per heavy atom. The zero-order valence-corrected chi connectivity index (χ0v) is 17.8. The molecule has 0 N–H and O–H groups in total. The molecule has 0 aliphatic heterocycles. The molecular weight excluding hydrogens is 375 g/mol. The fraction of sp³-hybridized carbons (Fsp3) is 0.944. The van der Waals surface area contributed by atoms with E-state index in [1.807, 2.05) is 0 Å². The average molecular weight is 412 g/mol. The normalized spacial score (nSPS) is 11.8. The summed E-state index contributed by atoms with van der Waals surface area (Å²) >= 11 is 0. The molecule has 0 aromatic carbocycles. The molecular formula is C18H37O8P. The van der Waals surface area contributed by atoms with Gasteiger partial charge in [-0.3, -0.25) is 13.6 Å². The smallest absolute Gasteiger partial charge is 0.379 e. The Kier molecular flexibility index (Phi) is 20.1. The van der Waals surface area contributed by atoms with Gasteiger partial charge in [-0.15, -0.1) is 0 Å². The Labute approximate surface area is 163 Å². The van der Waals surface area contributed by atoms with Gasteiger partial charge in [0.15, 0.2) is 0 Å². The van der Waals surface area contributed by atoms with Gasteiger partial charge in [0.1, 0.15) is 6.29 Å². The zero-order chi connectivity index (χ0) is 20.1. The first-order valence-electron chi connectivity index (χ1n) is 9.89. The SMILES string of the molecule is CCCCOCCOP(=O)(OCCOCCCC)OCCOCCCC=O. The van der Waals surface area contributed by atoms with Crippen LogP contribution < -0.4 is 0 Å². The van der Waals surface area contributed by atoms with Crippen LogP contribution in [0.15, 0.2) is 0 Å². The van der Waals surface area contributed by atoms with E-state index in [1.165, 1.54) is 0 Å². The van der Waals surface area contributed by atoms with Crippen LogP contribution in [0.25, 0.3) is 0 Å². The van der Waals surface area contributed by atoms with Gasteiger partial charge < -0.3 is 19.0 Å². The Morgan fingerprint density at radius 1 is 0.630 bits per heavy atom. The third-order valence-electron chi connectivity index (χ3n) is 3.33. The number of ether oxygens (including phenoxy) is 3. The molecule has 0 rings (SSSR count). The number of phosphoric ester groups is 1. The lowest BCUT2D eigenvalue weighted by Gasteiger charge is -2.18. The van der Waals surface area contributed by atoms with E-state index in [9.17, 15) is 9.36 Å². The molecule has 0 radical (unpaired) electrons. The number of hydrogen-bond acceptors (Lipinski definition) is 8. The van der Waals surface area contributed by atoms with E-state index >= 15 is 0 Å². The van der Waals surface area contributed by atoms with E-state index < -0.39 is 7.82 Å². The van der Waals surface area contributed by atoms with Crippen molar-refractivity contribution in [2.45, 2.75) is 52.4 Å². The van der Waals surface area contributed by atoms with E-state index in [-0.39, 0.29) is 26.4 Å². The van der Waals surface area contributed by atoms with Crippen LogP contribution in [-0.4, -0.2) is 65.7 Å². The number of aldehydes is 1. The van der Waals surface area contributed by atoms with E-state index in [4.69, 9.17) is 27.8 Å². The van der Waals surface area contributed by atoms with E-state index in [2.05, 4.69) is 13.8 Å². The van der Waals surface area contributed by atoms with Gasteiger partial charge in [-0.05, 0) is 19.3 Å². The highest BCUT2D eigenvalue weighted by molar-refractivity contribution is 7.48. The quantitative estimate of drug-likeness (QED) is 0.151. The molecule has 162 valence electrons. The van der Waals surface area contributed by atoms with Gasteiger partial charge in [-0.2, -0.15) is 0 Å². The molecule has 8 nitrogen and oxygen atoms in total. The second-order valence-electron chi connectivity index (χ2n) is 5.80. The Hall–Kier alpha value is -0.340. The minimum atomic E-state index is -3.69. The van der Waals surface area contributed by atoms with Crippen molar-refractivity contribution in [3.05, 3.63) is 0 Å². The summed E-state index contributed by atoms with van der Waals surface area (Å²) in [6.45, 7) is 7.12. The van der Waals surface area contributed by atoms with Crippen molar-refractivity contribution in [1.29, 1.82) is 0 Å². The van der Waals surface area contributed by atoms with Gasteiger partial charge >= 0.3 is 7.82 Å². The van der Waals surface area contributed by atoms with Crippen molar-refractivity contribution in [3.63, 3.8) is 0 Å². The van der Waals surface area contributed by atoms with Gasteiger partial charge in [0, 0.05) is 26.2 Å². The Balaban J connectivity index is 4.06. The predicted molar refractivity (Wildman–Crippen MR) is 103 cm³/mol. The van der Waals surface area contributed by atoms with Crippen molar-refractivity contribution < 1.29 is 37.1 Å². The summed E-state index contributed by atoms with van der Waals surface area (Å²) in [4.78, 5) is 10.2. The van der Waals surface area contributed by atoms with Crippen LogP contribution in [0.4, 0.5) is 0 Å². The Bertz CT molecular complexity index is 347. The highest BCUT2D eigenvalue weighted by Crippen LogP contribution is 2.49. The van der Waals surface area contributed by atoms with E-state index in [0.717, 1.165) is 32.0 Å². The minimum absolute atomic E-state index is 0.0751. The Morgan fingerprint density at radius 2 is 1.04 bits per heavy atom. The lowest BCUT2D eigenvalue weighted by atomic mass is 10.3. The number of phosphoric acid groups is 1. The molecule has 0 aromatic rings. The summed E-state index contributed by atoms with van der Waals surface area (Å²) in [6, 6.07) is 0. The molecule has 0 heterocycles. The summed E-state index contributed by atoms with van der Waals surface area (Å²) in [5.74, 6) is 0. The molecule has 0 saturated carbocycles. The molecule has 9 heteroatoms. The van der Waals surface area contributed by atoms with Crippen molar-refractivity contribution in [2.75, 3.05) is 59.5 Å². The van der Waals surface area contributed by atoms with Crippen LogP contribution in [0.5, 0.6) is 0 Å². The maximum Gasteiger partial charge on any atom is 0.475 e. The lowest BCUT2D eigenvalue weighted by molar-refractivity contribution is -0.108. The molecule has 27 heavy (non-hydrogen) atoms. The van der Waals surface area contributed by atoms with Crippen LogP contribution in [-0.2, 0) is 37.1 Å². The van der Waals surface area contributed by atoms with Crippen LogP contribution in [0, 0.1) is 0 Å². The number of unbranched alkanes of at least 4 members (excludes halogenated alkanes) is 3. The standard InChI is InChI=1S/C18H37O8P/c1-3-5-10-21-13-16-24-27(20,25-17-14-22-11-6-4-2)26-18-15-23-12-8-7-9-19/h9H,3-8,10-18H2,1-2H3. The zero-order valence-electron chi connectivity index (χ0n) is 16.9. The maximum atomic E-state index is 12.6. The van der Waals surface area contributed by atoms with Gasteiger partial charge in [0.2, 0.25) is 0 Å². The largest absolute Gasteiger partial charge is 0.475 e. The third-order valence-corrected chi connectivity index (χ3v) is 4.82. The summed E-state index contributed by atoms with van der Waals surface area (Å²) in [5.41, 5.74) is 0. The molecule has 0 aromatic heterocycles. The highest BCUT2D eigenvalue weighted by atomic mass is 31.2. The maximum absolute atomic E-state index is 12.6. The number of carbonyl (C=O) groups is 1. The van der Waals surface area contributed by atoms with Gasteiger partial charge in [0.25, 0.3) is 0 Å². The molecule has 0 aliphatic carbocycles. The number of hydrogen-bond donors (Lipinski definition) is 0. The van der Waals surface area contributed by atoms with Gasteiger partial charge in [-0.1, -0.05) is 26.7 Å². The molecule has 0 aliphatic rings. The van der Waals surface area contributed by atoms with Crippen LogP contribution in [0.2, 0.25) is 0 Å². The summed E-state index contributed by atoms with van der Waals surface area (Å²) in [5, 5.41) is 0. The highest BCUT2D eigenvalue weighted by Gasteiger charge is 2.26. The topological polar surface area (TPSA) is 89.5 Å². The van der Waals surface area contributed by atoms with Crippen LogP contribution >= 0.6 is 7.82 Å². The molecule has 0 unspecified atom stereocenters. The van der Waals surface area contributed by atoms with Crippen LogP contribution in [0.3, 0.4) is 0 Å². The summed E-state index contributed by atoms with van der Waals surface area (Å²) in [6.07, 6.45) is 6.01. The fourth-order valence-electron chi connectivity index (χ4n) is 1.80. The molecule has 0 amide bonds. The van der Waals surface area contributed by atoms with Crippen molar-refractivity contribution >= 4 is 14.1 Å². The second kappa shape index (κ2) is 20.4. The second-order valence-corrected chi connectivity index (χ2v) is 7.47. The molecule has 0 spiro atoms. The van der Waals surface area contributed by atoms with Gasteiger partial charge in [-0.25, -0.2) is 4.57 Å². The lowest BCUT2D eigenvalue weighted by Crippen LogP contribution is -2.12. The number of carbonyl (C=O) groups excluding carboxylic acids is 1. The summed E-state index contributed by atoms with van der Waals surface area (Å²) < 4.78 is 44.6. The predicted octanol–water partition coefficient (Wildman–Crippen LogP) is 3.77. The van der Waals surface area contributed by atoms with E-state index in [0.29, 0.717) is 45.9 Å². The molecule has 0 atom stereocenters. The average Bonchev–Trinajstić information content (AvgIpc) is 2.67. The first-order valence-corrected chi connectivity index (χ1v) is 11.3. The van der Waals surface area contributed by atoms with Crippen molar-refractivity contribution in [3.8, 4) is 0 Å². The van der Waals surface area contributed by atoms with E-state index in [1.54, 1.807) is 0 Å². The molecule has 0 fully saturated rings. The van der Waals surface area contributed by atoms with Gasteiger partial charge in [0.05, 0.1) is 39.6 Å². The van der Waals surface area contributed by atoms with Crippen LogP contribution in [0.1, 0.15) is 52.4 Å². The first kappa shape index (κ1) is 26.7. The first-order chi connectivity index (χ1) is 13.2.